The highest BCUT2D eigenvalue weighted by atomic mass is 35.5. The Morgan fingerprint density at radius 3 is 1.13 bits per heavy atom. The van der Waals surface area contributed by atoms with Crippen molar-refractivity contribution in [1.82, 2.24) is 10.6 Å². The van der Waals surface area contributed by atoms with Crippen LogP contribution in [0.5, 0.6) is 0 Å². The van der Waals surface area contributed by atoms with Crippen LogP contribution in [0.3, 0.4) is 0 Å². The second-order valence-electron chi connectivity index (χ2n) is 8.34. The quantitative estimate of drug-likeness (QED) is 0.123. The van der Waals surface area contributed by atoms with Gasteiger partial charge in [0.25, 0.3) is 0 Å². The van der Waals surface area contributed by atoms with Crippen LogP contribution in [0.2, 0.25) is 0 Å². The molecule has 0 aromatic heterocycles. The lowest BCUT2D eigenvalue weighted by Gasteiger charge is -2.19. The molecule has 5 N–H and O–H groups in total. The van der Waals surface area contributed by atoms with Gasteiger partial charge in [0.15, 0.2) is 0 Å². The Balaban J connectivity index is -0.000000616. The summed E-state index contributed by atoms with van der Waals surface area (Å²) in [5.41, 5.74) is -0.544. The zero-order chi connectivity index (χ0) is 22.2. The summed E-state index contributed by atoms with van der Waals surface area (Å²) in [6, 6.07) is 0. The fourth-order valence-corrected chi connectivity index (χ4v) is 4.46. The van der Waals surface area contributed by atoms with Gasteiger partial charge in [-0.3, -0.25) is 0 Å². The summed E-state index contributed by atoms with van der Waals surface area (Å²) in [6.07, 6.45) is 23.8. The van der Waals surface area contributed by atoms with Gasteiger partial charge in [-0.2, -0.15) is 0 Å². The fraction of sp³-hybridized carbons (Fsp3) is 1.00. The molecule has 0 rings (SSSR count). The van der Waals surface area contributed by atoms with Crippen LogP contribution < -0.4 is 10.6 Å². The second-order valence-corrected chi connectivity index (χ2v) is 10.4. The second kappa shape index (κ2) is 27.3. The average molecular weight is 471 g/mol. The van der Waals surface area contributed by atoms with Crippen molar-refractivity contribution < 1.29 is 14.4 Å². The van der Waals surface area contributed by atoms with Gasteiger partial charge >= 0.3 is 8.80 Å². The monoisotopic (exact) mass is 470 g/mol. The van der Waals surface area contributed by atoms with Crippen LogP contribution >= 0.6 is 12.4 Å². The van der Waals surface area contributed by atoms with Gasteiger partial charge in [0.05, 0.1) is 5.67 Å². The van der Waals surface area contributed by atoms with E-state index in [1.165, 1.54) is 109 Å². The van der Waals surface area contributed by atoms with Gasteiger partial charge in [-0.15, -0.1) is 12.4 Å². The van der Waals surface area contributed by atoms with E-state index in [1.807, 2.05) is 7.05 Å². The SMILES string of the molecule is CCC(NC)[Si](O)(O)O.CCCCCCCCCCCCCCCCCCNC.Cl. The van der Waals surface area contributed by atoms with E-state index in [-0.39, 0.29) is 12.4 Å². The molecule has 5 nitrogen and oxygen atoms in total. The summed E-state index contributed by atoms with van der Waals surface area (Å²) < 4.78 is 0. The normalized spacial score (nSPS) is 12.1. The van der Waals surface area contributed by atoms with Gasteiger partial charge in [0.1, 0.15) is 0 Å². The van der Waals surface area contributed by atoms with Crippen molar-refractivity contribution in [3.63, 3.8) is 0 Å². The lowest BCUT2D eigenvalue weighted by atomic mass is 10.0. The molecule has 30 heavy (non-hydrogen) atoms. The largest absolute Gasteiger partial charge is 0.510 e. The summed E-state index contributed by atoms with van der Waals surface area (Å²) in [5, 5.41) is 5.82. The molecule has 0 aliphatic heterocycles. The first-order valence-corrected chi connectivity index (χ1v) is 14.3. The van der Waals surface area contributed by atoms with Crippen molar-refractivity contribution in [3.05, 3.63) is 0 Å². The van der Waals surface area contributed by atoms with Crippen LogP contribution in [0.4, 0.5) is 0 Å². The standard InChI is InChI=1S/C19H41N.C4H13NO3Si.ClH/c1-3-4-5-6-7-8-9-10-11-12-13-14-15-16-17-18-19-20-2;1-3-4(5-2)9(6,7)8;/h20H,3-19H2,1-2H3;4-8H,3H2,1-2H3;1H. The van der Waals surface area contributed by atoms with Crippen LogP contribution in [-0.4, -0.2) is 49.5 Å². The van der Waals surface area contributed by atoms with Crippen LogP contribution in [0.15, 0.2) is 0 Å². The van der Waals surface area contributed by atoms with E-state index in [0.29, 0.717) is 6.42 Å². The molecule has 0 saturated heterocycles. The number of halogens is 1. The van der Waals surface area contributed by atoms with E-state index >= 15 is 0 Å². The summed E-state index contributed by atoms with van der Waals surface area (Å²) in [7, 11) is -0.269. The molecule has 0 amide bonds. The lowest BCUT2D eigenvalue weighted by Crippen LogP contribution is -2.54. The average Bonchev–Trinajstić information content (AvgIpc) is 2.68. The number of hydrogen-bond donors (Lipinski definition) is 5. The predicted molar refractivity (Wildman–Crippen MR) is 136 cm³/mol. The molecule has 0 heterocycles. The zero-order valence-corrected chi connectivity index (χ0v) is 22.4. The molecule has 0 aliphatic carbocycles. The highest BCUT2D eigenvalue weighted by Crippen LogP contribution is 2.13. The first-order valence-electron chi connectivity index (χ1n) is 12.4. The Morgan fingerprint density at radius 2 is 0.933 bits per heavy atom. The van der Waals surface area contributed by atoms with Gasteiger partial charge in [0, 0.05) is 0 Å². The molecular formula is C23H55ClN2O3Si. The van der Waals surface area contributed by atoms with Crippen molar-refractivity contribution >= 4 is 21.2 Å². The number of nitrogens with one attached hydrogen (secondary N) is 2. The van der Waals surface area contributed by atoms with Crippen LogP contribution in [0, 0.1) is 0 Å². The van der Waals surface area contributed by atoms with Gasteiger partial charge < -0.3 is 25.0 Å². The molecule has 0 bridgehead atoms. The summed E-state index contributed by atoms with van der Waals surface area (Å²) in [4.78, 5) is 26.0. The Bertz CT molecular complexity index is 287. The van der Waals surface area contributed by atoms with Crippen LogP contribution in [0.25, 0.3) is 0 Å². The topological polar surface area (TPSA) is 84.8 Å². The molecule has 186 valence electrons. The molecule has 0 aliphatic rings. The highest BCUT2D eigenvalue weighted by molar-refractivity contribution is 6.58. The molecule has 0 radical (unpaired) electrons. The molecule has 1 unspecified atom stereocenters. The Kier molecular flexibility index (Phi) is 31.8. The molecule has 0 saturated carbocycles. The number of hydrogen-bond acceptors (Lipinski definition) is 5. The predicted octanol–water partition coefficient (Wildman–Crippen LogP) is 5.33. The molecule has 0 fully saturated rings. The maximum Gasteiger partial charge on any atom is 0.510 e. The van der Waals surface area contributed by atoms with Crippen molar-refractivity contribution in [3.8, 4) is 0 Å². The minimum atomic E-state index is -3.90. The highest BCUT2D eigenvalue weighted by Gasteiger charge is 2.36. The van der Waals surface area contributed by atoms with E-state index in [2.05, 4.69) is 17.6 Å². The molecule has 1 atom stereocenters. The van der Waals surface area contributed by atoms with Gasteiger partial charge in [-0.1, -0.05) is 110 Å². The minimum Gasteiger partial charge on any atom is -0.389 e. The van der Waals surface area contributed by atoms with Gasteiger partial charge in [-0.05, 0) is 33.5 Å². The third-order valence-electron chi connectivity index (χ3n) is 5.50. The maximum atomic E-state index is 8.66. The molecular weight excluding hydrogens is 416 g/mol. The van der Waals surface area contributed by atoms with E-state index in [1.54, 1.807) is 14.0 Å². The van der Waals surface area contributed by atoms with Crippen molar-refractivity contribution in [2.75, 3.05) is 20.6 Å². The van der Waals surface area contributed by atoms with E-state index in [4.69, 9.17) is 14.4 Å². The van der Waals surface area contributed by atoms with Crippen LogP contribution in [-0.2, 0) is 0 Å². The van der Waals surface area contributed by atoms with Crippen LogP contribution in [0.1, 0.15) is 123 Å². The molecule has 0 aromatic carbocycles. The van der Waals surface area contributed by atoms with Crippen molar-refractivity contribution in [2.45, 2.75) is 129 Å². The molecule has 7 heteroatoms. The van der Waals surface area contributed by atoms with E-state index < -0.39 is 14.5 Å². The third kappa shape index (κ3) is 28.3. The molecule has 0 aromatic rings. The number of rotatable bonds is 20. The smallest absolute Gasteiger partial charge is 0.389 e. The minimum absolute atomic E-state index is 0. The molecule has 0 spiro atoms. The van der Waals surface area contributed by atoms with Crippen molar-refractivity contribution in [1.29, 1.82) is 0 Å². The van der Waals surface area contributed by atoms with E-state index in [0.717, 1.165) is 0 Å². The summed E-state index contributed by atoms with van der Waals surface area (Å²) in [5.74, 6) is 0. The Hall–Kier alpha value is 0.307. The summed E-state index contributed by atoms with van der Waals surface area (Å²) in [6.45, 7) is 5.26. The van der Waals surface area contributed by atoms with Gasteiger partial charge in [0.2, 0.25) is 0 Å². The first kappa shape index (κ1) is 34.9. The van der Waals surface area contributed by atoms with E-state index in [9.17, 15) is 0 Å². The Labute approximate surface area is 195 Å². The summed E-state index contributed by atoms with van der Waals surface area (Å²) >= 11 is 0. The fourth-order valence-electron chi connectivity index (χ4n) is 3.52. The lowest BCUT2D eigenvalue weighted by molar-refractivity contribution is 0.203. The third-order valence-corrected chi connectivity index (χ3v) is 7.14. The Morgan fingerprint density at radius 1 is 0.600 bits per heavy atom. The first-order chi connectivity index (χ1) is 13.9. The van der Waals surface area contributed by atoms with Gasteiger partial charge in [-0.25, -0.2) is 0 Å². The number of unbranched alkanes of at least 4 members (excludes halogenated alkanes) is 15. The zero-order valence-electron chi connectivity index (χ0n) is 20.6. The van der Waals surface area contributed by atoms with Crippen molar-refractivity contribution in [2.24, 2.45) is 0 Å². The maximum absolute atomic E-state index is 8.66.